The fourth-order valence-electron chi connectivity index (χ4n) is 1.68. The minimum absolute atomic E-state index is 0.0114. The molecule has 0 spiro atoms. The molecule has 17 heavy (non-hydrogen) atoms. The van der Waals surface area contributed by atoms with E-state index in [9.17, 15) is 14.7 Å². The highest BCUT2D eigenvalue weighted by atomic mass is 79.9. The van der Waals surface area contributed by atoms with E-state index in [-0.39, 0.29) is 11.4 Å². The van der Waals surface area contributed by atoms with Crippen LogP contribution in [0.25, 0.3) is 0 Å². The van der Waals surface area contributed by atoms with Gasteiger partial charge >= 0.3 is 5.97 Å². The highest BCUT2D eigenvalue weighted by Crippen LogP contribution is 2.35. The molecule has 1 heterocycles. The number of aliphatic hydroxyl groups is 1. The van der Waals surface area contributed by atoms with Crippen LogP contribution >= 0.6 is 15.9 Å². The minimum atomic E-state index is -0.858. The summed E-state index contributed by atoms with van der Waals surface area (Å²) in [6, 6.07) is 7.00. The van der Waals surface area contributed by atoms with E-state index in [1.165, 1.54) is 6.92 Å². The molecular formula is C12H9BrO4. The number of aliphatic hydroxyl groups excluding tert-OH is 1. The third-order valence-corrected chi connectivity index (χ3v) is 3.02. The van der Waals surface area contributed by atoms with Gasteiger partial charge in [-0.1, -0.05) is 28.1 Å². The number of ketones is 1. The summed E-state index contributed by atoms with van der Waals surface area (Å²) in [7, 11) is 0. The van der Waals surface area contributed by atoms with Gasteiger partial charge in [-0.15, -0.1) is 0 Å². The van der Waals surface area contributed by atoms with Crippen molar-refractivity contribution in [1.29, 1.82) is 0 Å². The van der Waals surface area contributed by atoms with Gasteiger partial charge in [0.25, 0.3) is 0 Å². The van der Waals surface area contributed by atoms with Crippen molar-refractivity contribution in [3.8, 4) is 0 Å². The number of cyclic esters (lactones) is 1. The predicted molar refractivity (Wildman–Crippen MR) is 63.3 cm³/mol. The molecule has 1 aromatic rings. The molecule has 1 aliphatic heterocycles. The number of hydrogen-bond acceptors (Lipinski definition) is 4. The lowest BCUT2D eigenvalue weighted by atomic mass is 9.99. The van der Waals surface area contributed by atoms with Crippen molar-refractivity contribution >= 4 is 27.7 Å². The van der Waals surface area contributed by atoms with E-state index >= 15 is 0 Å². The Morgan fingerprint density at radius 3 is 2.47 bits per heavy atom. The number of rotatable bonds is 2. The number of benzene rings is 1. The molecule has 0 saturated carbocycles. The largest absolute Gasteiger partial charge is 0.501 e. The van der Waals surface area contributed by atoms with Crippen LogP contribution in [-0.2, 0) is 14.3 Å². The highest BCUT2D eigenvalue weighted by molar-refractivity contribution is 9.10. The first-order chi connectivity index (χ1) is 8.00. The van der Waals surface area contributed by atoms with E-state index in [0.29, 0.717) is 5.56 Å². The van der Waals surface area contributed by atoms with Crippen LogP contribution < -0.4 is 0 Å². The van der Waals surface area contributed by atoms with E-state index in [2.05, 4.69) is 15.9 Å². The third-order valence-electron chi connectivity index (χ3n) is 2.49. The lowest BCUT2D eigenvalue weighted by molar-refractivity contribution is -0.142. The number of ether oxygens (including phenoxy) is 1. The zero-order valence-corrected chi connectivity index (χ0v) is 10.5. The smallest absolute Gasteiger partial charge is 0.374 e. The quantitative estimate of drug-likeness (QED) is 0.852. The fraction of sp³-hybridized carbons (Fsp3) is 0.167. The van der Waals surface area contributed by atoms with E-state index in [0.717, 1.165) is 4.47 Å². The van der Waals surface area contributed by atoms with E-state index in [1.807, 2.05) is 0 Å². The molecule has 5 heteroatoms. The molecular weight excluding hydrogens is 288 g/mol. The molecule has 1 aliphatic rings. The summed E-state index contributed by atoms with van der Waals surface area (Å²) in [6.45, 7) is 1.29. The zero-order chi connectivity index (χ0) is 12.6. The Balaban J connectivity index is 2.44. The molecule has 0 radical (unpaired) electrons. The summed E-state index contributed by atoms with van der Waals surface area (Å²) in [5.74, 6) is -1.82. The van der Waals surface area contributed by atoms with Gasteiger partial charge < -0.3 is 9.84 Å². The van der Waals surface area contributed by atoms with Gasteiger partial charge in [-0.3, -0.25) is 4.79 Å². The molecule has 0 aliphatic carbocycles. The average Bonchev–Trinajstić information content (AvgIpc) is 2.56. The van der Waals surface area contributed by atoms with Crippen molar-refractivity contribution in [2.45, 2.75) is 13.0 Å². The molecule has 2 rings (SSSR count). The van der Waals surface area contributed by atoms with Crippen molar-refractivity contribution in [1.82, 2.24) is 0 Å². The Kier molecular flexibility index (Phi) is 3.02. The van der Waals surface area contributed by atoms with Crippen molar-refractivity contribution < 1.29 is 19.4 Å². The maximum Gasteiger partial charge on any atom is 0.374 e. The first-order valence-electron chi connectivity index (χ1n) is 4.91. The SMILES string of the molecule is CC(=O)C1=C(O)C(=O)OC1c1ccc(Br)cc1. The molecule has 1 atom stereocenters. The summed E-state index contributed by atoms with van der Waals surface area (Å²) in [6.07, 6.45) is -0.812. The van der Waals surface area contributed by atoms with Crippen LogP contribution in [0.15, 0.2) is 40.1 Å². The monoisotopic (exact) mass is 296 g/mol. The normalized spacial score (nSPS) is 19.4. The molecule has 1 N–H and O–H groups in total. The second-order valence-corrected chi connectivity index (χ2v) is 4.57. The Labute approximate surface area is 106 Å². The van der Waals surface area contributed by atoms with E-state index in [4.69, 9.17) is 4.74 Å². The maximum absolute atomic E-state index is 11.4. The average molecular weight is 297 g/mol. The van der Waals surface area contributed by atoms with Gasteiger partial charge in [0.05, 0.1) is 5.57 Å². The number of carbonyl (C=O) groups excluding carboxylic acids is 2. The minimum Gasteiger partial charge on any atom is -0.501 e. The second kappa shape index (κ2) is 4.33. The molecule has 0 amide bonds. The highest BCUT2D eigenvalue weighted by Gasteiger charge is 2.37. The summed E-state index contributed by atoms with van der Waals surface area (Å²) in [5, 5.41) is 9.49. The van der Waals surface area contributed by atoms with Crippen molar-refractivity contribution in [3.05, 3.63) is 45.6 Å². The number of halogens is 1. The Morgan fingerprint density at radius 1 is 1.35 bits per heavy atom. The van der Waals surface area contributed by atoms with Gasteiger partial charge in [0.1, 0.15) is 0 Å². The fourth-order valence-corrected chi connectivity index (χ4v) is 1.94. The molecule has 0 fully saturated rings. The van der Waals surface area contributed by atoms with Gasteiger partial charge in [0.15, 0.2) is 11.9 Å². The summed E-state index contributed by atoms with van der Waals surface area (Å²) in [4.78, 5) is 22.6. The summed E-state index contributed by atoms with van der Waals surface area (Å²) >= 11 is 3.29. The van der Waals surface area contributed by atoms with Crippen molar-refractivity contribution in [2.24, 2.45) is 0 Å². The first kappa shape index (κ1) is 11.9. The number of Topliss-reactive ketones (excluding diaryl/α,β-unsaturated/α-hetero) is 1. The standard InChI is InChI=1S/C12H9BrO4/c1-6(14)9-10(15)12(16)17-11(9)7-2-4-8(13)5-3-7/h2-5,11,15H,1H3. The van der Waals surface area contributed by atoms with Gasteiger partial charge in [-0.25, -0.2) is 4.79 Å². The third kappa shape index (κ3) is 2.10. The van der Waals surface area contributed by atoms with Crippen LogP contribution in [0.3, 0.4) is 0 Å². The molecule has 1 unspecified atom stereocenters. The Hall–Kier alpha value is -1.62. The zero-order valence-electron chi connectivity index (χ0n) is 8.94. The molecule has 0 saturated heterocycles. The lowest BCUT2D eigenvalue weighted by Crippen LogP contribution is -2.07. The second-order valence-electron chi connectivity index (χ2n) is 3.66. The van der Waals surface area contributed by atoms with Crippen LogP contribution in [0.4, 0.5) is 0 Å². The van der Waals surface area contributed by atoms with Gasteiger partial charge in [0, 0.05) is 4.47 Å². The topological polar surface area (TPSA) is 63.6 Å². The van der Waals surface area contributed by atoms with Gasteiger partial charge in [-0.05, 0) is 24.6 Å². The van der Waals surface area contributed by atoms with Crippen molar-refractivity contribution in [3.63, 3.8) is 0 Å². The first-order valence-corrected chi connectivity index (χ1v) is 5.70. The van der Waals surface area contributed by atoms with Crippen LogP contribution in [0.2, 0.25) is 0 Å². The van der Waals surface area contributed by atoms with Crippen LogP contribution in [0.1, 0.15) is 18.6 Å². The number of carbonyl (C=O) groups is 2. The van der Waals surface area contributed by atoms with E-state index in [1.54, 1.807) is 24.3 Å². The van der Waals surface area contributed by atoms with Gasteiger partial charge in [-0.2, -0.15) is 0 Å². The summed E-state index contributed by atoms with van der Waals surface area (Å²) < 4.78 is 5.85. The van der Waals surface area contributed by atoms with Gasteiger partial charge in [0.2, 0.25) is 5.76 Å². The summed E-state index contributed by atoms with van der Waals surface area (Å²) in [5.41, 5.74) is 0.660. The van der Waals surface area contributed by atoms with Crippen LogP contribution in [0.5, 0.6) is 0 Å². The molecule has 0 bridgehead atoms. The predicted octanol–water partition coefficient (Wildman–Crippen LogP) is 2.45. The number of hydrogen-bond donors (Lipinski definition) is 1. The molecule has 4 nitrogen and oxygen atoms in total. The number of esters is 1. The van der Waals surface area contributed by atoms with Crippen LogP contribution in [-0.4, -0.2) is 16.9 Å². The maximum atomic E-state index is 11.4. The molecule has 88 valence electrons. The molecule has 0 aromatic heterocycles. The van der Waals surface area contributed by atoms with Crippen LogP contribution in [0, 0.1) is 0 Å². The van der Waals surface area contributed by atoms with E-state index < -0.39 is 17.8 Å². The Morgan fingerprint density at radius 2 is 1.94 bits per heavy atom. The lowest BCUT2D eigenvalue weighted by Gasteiger charge is -2.12. The van der Waals surface area contributed by atoms with Crippen molar-refractivity contribution in [2.75, 3.05) is 0 Å². The molecule has 1 aromatic carbocycles. The Bertz CT molecular complexity index is 516.